The number of aromatic nitrogens is 4. The number of hydrogen-bond acceptors (Lipinski definition) is 4. The van der Waals surface area contributed by atoms with Gasteiger partial charge in [0.1, 0.15) is 5.69 Å². The van der Waals surface area contributed by atoms with Crippen LogP contribution in [0.15, 0.2) is 30.7 Å². The van der Waals surface area contributed by atoms with E-state index in [1.165, 1.54) is 12.0 Å². The van der Waals surface area contributed by atoms with Crippen molar-refractivity contribution in [2.75, 3.05) is 0 Å². The van der Waals surface area contributed by atoms with Gasteiger partial charge in [0.25, 0.3) is 0 Å². The predicted octanol–water partition coefficient (Wildman–Crippen LogP) is 2.97. The van der Waals surface area contributed by atoms with Crippen molar-refractivity contribution < 1.29 is 4.74 Å². The maximum atomic E-state index is 5.93. The number of aryl methyl sites for hydroxylation is 2. The van der Waals surface area contributed by atoms with Gasteiger partial charge in [-0.1, -0.05) is 31.4 Å². The minimum absolute atomic E-state index is 0.112. The van der Waals surface area contributed by atoms with E-state index in [1.54, 1.807) is 6.20 Å². The summed E-state index contributed by atoms with van der Waals surface area (Å²) in [6.45, 7) is 5.28. The lowest BCUT2D eigenvalue weighted by Crippen LogP contribution is -2.39. The zero-order chi connectivity index (χ0) is 16.5. The van der Waals surface area contributed by atoms with Crippen molar-refractivity contribution in [3.8, 4) is 0 Å². The summed E-state index contributed by atoms with van der Waals surface area (Å²) in [5, 5.41) is 8.29. The fourth-order valence-electron chi connectivity index (χ4n) is 2.51. The molecule has 2 heterocycles. The first-order chi connectivity index (χ1) is 11.3. The van der Waals surface area contributed by atoms with Crippen LogP contribution in [0.5, 0.6) is 0 Å². The Balaban J connectivity index is 0.000000924. The zero-order valence-corrected chi connectivity index (χ0v) is 14.1. The summed E-state index contributed by atoms with van der Waals surface area (Å²) >= 11 is 0. The Morgan fingerprint density at radius 1 is 1.35 bits per heavy atom. The van der Waals surface area contributed by atoms with E-state index in [4.69, 9.17) is 12.6 Å². The van der Waals surface area contributed by atoms with Crippen molar-refractivity contribution in [1.82, 2.24) is 20.0 Å². The molecule has 1 aliphatic rings. The Kier molecular flexibility index (Phi) is 6.77. The van der Waals surface area contributed by atoms with Gasteiger partial charge in [0, 0.05) is 18.9 Å². The zero-order valence-electron chi connectivity index (χ0n) is 14.1. The van der Waals surface area contributed by atoms with Crippen LogP contribution in [0, 0.1) is 0 Å². The molecule has 2 aromatic heterocycles. The van der Waals surface area contributed by atoms with Gasteiger partial charge in [0.2, 0.25) is 0 Å². The summed E-state index contributed by atoms with van der Waals surface area (Å²) < 4.78 is 7.77. The number of hydrogen-bond donors (Lipinski definition) is 0. The van der Waals surface area contributed by atoms with E-state index < -0.39 is 0 Å². The molecule has 1 saturated carbocycles. The number of nitrogens with zero attached hydrogens (tertiary/aromatic N) is 4. The maximum Gasteiger partial charge on any atom is 0.108 e. The van der Waals surface area contributed by atoms with E-state index >= 15 is 0 Å². The molecule has 1 aliphatic carbocycles. The van der Waals surface area contributed by atoms with Gasteiger partial charge in [-0.05, 0) is 37.3 Å². The molecule has 23 heavy (non-hydrogen) atoms. The molecule has 2 radical (unpaired) electrons. The number of ether oxygens (including phenoxy) is 1. The summed E-state index contributed by atoms with van der Waals surface area (Å²) in [5.41, 5.74) is 1.95. The fraction of sp³-hybridized carbons (Fsp3) is 0.588. The van der Waals surface area contributed by atoms with Crippen LogP contribution < -0.4 is 0 Å². The smallest absolute Gasteiger partial charge is 0.108 e. The van der Waals surface area contributed by atoms with Gasteiger partial charge in [-0.15, -0.1) is 5.10 Å². The van der Waals surface area contributed by atoms with Gasteiger partial charge < -0.3 is 4.74 Å². The van der Waals surface area contributed by atoms with Crippen LogP contribution in [0.2, 0.25) is 6.32 Å². The van der Waals surface area contributed by atoms with Crippen LogP contribution in [0.3, 0.4) is 0 Å². The Labute approximate surface area is 139 Å². The third kappa shape index (κ3) is 4.89. The Morgan fingerprint density at radius 3 is 2.78 bits per heavy atom. The van der Waals surface area contributed by atoms with E-state index in [-0.39, 0.29) is 5.60 Å². The molecule has 0 saturated heterocycles. The van der Waals surface area contributed by atoms with Gasteiger partial charge in [-0.2, -0.15) is 0 Å². The van der Waals surface area contributed by atoms with Gasteiger partial charge in [0.15, 0.2) is 0 Å². The van der Waals surface area contributed by atoms with Crippen LogP contribution in [0.25, 0.3) is 0 Å². The highest BCUT2D eigenvalue weighted by Crippen LogP contribution is 2.38. The first-order valence-electron chi connectivity index (χ1n) is 8.42. The van der Waals surface area contributed by atoms with Crippen molar-refractivity contribution in [3.05, 3.63) is 42.0 Å². The number of pyridine rings is 1. The molecule has 0 spiro atoms. The number of rotatable bonds is 7. The summed E-state index contributed by atoms with van der Waals surface area (Å²) in [6, 6.07) is 4.01. The normalized spacial score (nSPS) is 15.4. The largest absolute Gasteiger partial charge is 0.369 e. The second-order valence-electron chi connectivity index (χ2n) is 5.61. The minimum Gasteiger partial charge on any atom is -0.369 e. The first-order valence-corrected chi connectivity index (χ1v) is 8.42. The summed E-state index contributed by atoms with van der Waals surface area (Å²) in [5.74, 6) is 0. The molecule has 122 valence electrons. The van der Waals surface area contributed by atoms with Crippen molar-refractivity contribution in [2.24, 2.45) is 0 Å². The molecule has 1 fully saturated rings. The first kappa shape index (κ1) is 17.7. The Bertz CT molecular complexity index is 563. The van der Waals surface area contributed by atoms with Crippen molar-refractivity contribution in [1.29, 1.82) is 0 Å². The summed E-state index contributed by atoms with van der Waals surface area (Å²) in [4.78, 5) is 4.11. The third-order valence-corrected chi connectivity index (χ3v) is 4.10. The average Bonchev–Trinajstić information content (AvgIpc) is 3.03. The lowest BCUT2D eigenvalue weighted by molar-refractivity contribution is -0.0954. The molecule has 6 heteroatoms. The quantitative estimate of drug-likeness (QED) is 0.738. The molecule has 0 aliphatic heterocycles. The van der Waals surface area contributed by atoms with E-state index in [2.05, 4.69) is 21.4 Å². The molecule has 0 atom stereocenters. The van der Waals surface area contributed by atoms with Gasteiger partial charge >= 0.3 is 0 Å². The molecule has 3 rings (SSSR count). The van der Waals surface area contributed by atoms with Gasteiger partial charge in [-0.25, -0.2) is 0 Å². The summed E-state index contributed by atoms with van der Waals surface area (Å²) in [7, 11) is 5.78. The average molecular weight is 312 g/mol. The second-order valence-corrected chi connectivity index (χ2v) is 5.61. The van der Waals surface area contributed by atoms with Crippen LogP contribution in [-0.2, 0) is 24.3 Å². The van der Waals surface area contributed by atoms with E-state index in [0.717, 1.165) is 31.5 Å². The molecule has 0 N–H and O–H groups in total. The highest BCUT2D eigenvalue weighted by Gasteiger charge is 2.35. The standard InChI is InChI=1S/C15H19BN4O.C2H6/c16-12-15(5-2-6-15)21-11-14-10-20(19-18-14)8-4-13-3-1-7-17-9-13;1-2/h1,3,7,9-10H,2,4-6,8,11-12H2;1-2H3. The highest BCUT2D eigenvalue weighted by atomic mass is 16.5. The SMILES string of the molecule is CC.[B]CC1(OCc2cn(CCc3cccnc3)nn2)CCC1. The van der Waals surface area contributed by atoms with Crippen LogP contribution >= 0.6 is 0 Å². The third-order valence-electron chi connectivity index (χ3n) is 4.10. The molecule has 5 nitrogen and oxygen atoms in total. The van der Waals surface area contributed by atoms with Crippen molar-refractivity contribution in [3.63, 3.8) is 0 Å². The van der Waals surface area contributed by atoms with Crippen LogP contribution in [0.1, 0.15) is 44.4 Å². The van der Waals surface area contributed by atoms with Gasteiger partial charge in [0.05, 0.1) is 26.3 Å². The lowest BCUT2D eigenvalue weighted by Gasteiger charge is -2.41. The van der Waals surface area contributed by atoms with Gasteiger partial charge in [-0.3, -0.25) is 9.67 Å². The van der Waals surface area contributed by atoms with E-state index in [9.17, 15) is 0 Å². The molecule has 0 unspecified atom stereocenters. The fourth-order valence-corrected chi connectivity index (χ4v) is 2.51. The minimum atomic E-state index is -0.112. The second kappa shape index (κ2) is 8.82. The molecule has 0 amide bonds. The van der Waals surface area contributed by atoms with Crippen molar-refractivity contribution >= 4 is 7.85 Å². The maximum absolute atomic E-state index is 5.93. The predicted molar refractivity (Wildman–Crippen MR) is 91.2 cm³/mol. The van der Waals surface area contributed by atoms with Crippen molar-refractivity contribution in [2.45, 2.75) is 64.6 Å². The molecular formula is C17H25BN4O. The van der Waals surface area contributed by atoms with Crippen LogP contribution in [-0.4, -0.2) is 33.4 Å². The topological polar surface area (TPSA) is 52.8 Å². The Hall–Kier alpha value is -1.69. The molecule has 0 aromatic carbocycles. The Morgan fingerprint density at radius 2 is 2.17 bits per heavy atom. The molecule has 2 aromatic rings. The van der Waals surface area contributed by atoms with Crippen LogP contribution in [0.4, 0.5) is 0 Å². The summed E-state index contributed by atoms with van der Waals surface area (Å²) in [6.07, 6.45) is 10.4. The molecular weight excluding hydrogens is 287 g/mol. The van der Waals surface area contributed by atoms with E-state index in [1.807, 2.05) is 37.0 Å². The highest BCUT2D eigenvalue weighted by molar-refractivity contribution is 6.09. The molecule has 0 bridgehead atoms. The lowest BCUT2D eigenvalue weighted by atomic mass is 9.71. The monoisotopic (exact) mass is 312 g/mol. The van der Waals surface area contributed by atoms with E-state index in [0.29, 0.717) is 12.9 Å².